The number of benzene rings is 1. The van der Waals surface area contributed by atoms with Gasteiger partial charge in [-0.1, -0.05) is 36.8 Å². The van der Waals surface area contributed by atoms with Crippen LogP contribution in [0.5, 0.6) is 0 Å². The summed E-state index contributed by atoms with van der Waals surface area (Å²) in [5.41, 5.74) is 0.656. The minimum Gasteiger partial charge on any atom is -0.460 e. The van der Waals surface area contributed by atoms with Gasteiger partial charge in [-0.25, -0.2) is 14.8 Å². The molecule has 2 aromatic rings. The summed E-state index contributed by atoms with van der Waals surface area (Å²) in [5, 5.41) is 13.4. The molecule has 1 aliphatic heterocycles. The van der Waals surface area contributed by atoms with Crippen molar-refractivity contribution in [2.75, 3.05) is 32.8 Å². The molecule has 1 saturated heterocycles. The molecule has 1 aromatic carbocycles. The van der Waals surface area contributed by atoms with Crippen molar-refractivity contribution in [3.63, 3.8) is 0 Å². The van der Waals surface area contributed by atoms with E-state index in [9.17, 15) is 24.3 Å². The Hall–Kier alpha value is -4.06. The van der Waals surface area contributed by atoms with Gasteiger partial charge < -0.3 is 29.7 Å². The number of hydrogen-bond donors (Lipinski definition) is 2. The minimum absolute atomic E-state index is 0.0163. The lowest BCUT2D eigenvalue weighted by molar-refractivity contribution is -0.155. The lowest BCUT2D eigenvalue weighted by atomic mass is 10.00. The van der Waals surface area contributed by atoms with Crippen molar-refractivity contribution in [1.82, 2.24) is 25.1 Å². The van der Waals surface area contributed by atoms with E-state index in [4.69, 9.17) is 14.5 Å². The van der Waals surface area contributed by atoms with Gasteiger partial charge >= 0.3 is 12.1 Å². The van der Waals surface area contributed by atoms with Gasteiger partial charge in [0, 0.05) is 44.1 Å². The van der Waals surface area contributed by atoms with Gasteiger partial charge in [-0.2, -0.15) is 0 Å². The number of carbonyl (C=O) groups is 4. The third-order valence-corrected chi connectivity index (χ3v) is 7.65. The van der Waals surface area contributed by atoms with E-state index in [1.807, 2.05) is 30.3 Å². The quantitative estimate of drug-likeness (QED) is 0.408. The van der Waals surface area contributed by atoms with Crippen molar-refractivity contribution in [2.45, 2.75) is 83.5 Å². The summed E-state index contributed by atoms with van der Waals surface area (Å²) in [6, 6.07) is 9.79. The van der Waals surface area contributed by atoms with Gasteiger partial charge in [0.05, 0.1) is 18.4 Å². The molecular weight excluding hydrogens is 566 g/mol. The van der Waals surface area contributed by atoms with Crippen molar-refractivity contribution in [1.29, 1.82) is 0 Å². The molecule has 3 atom stereocenters. The van der Waals surface area contributed by atoms with E-state index in [-0.39, 0.29) is 63.1 Å². The highest BCUT2D eigenvalue weighted by molar-refractivity contribution is 5.96. The number of aliphatic hydroxyl groups is 1. The third kappa shape index (κ3) is 8.75. The summed E-state index contributed by atoms with van der Waals surface area (Å²) < 4.78 is 10.5. The lowest BCUT2D eigenvalue weighted by Gasteiger charge is -2.36. The van der Waals surface area contributed by atoms with Gasteiger partial charge in [0.2, 0.25) is 5.91 Å². The zero-order valence-corrected chi connectivity index (χ0v) is 26.0. The van der Waals surface area contributed by atoms with Crippen LogP contribution >= 0.6 is 0 Å². The van der Waals surface area contributed by atoms with E-state index in [1.54, 1.807) is 38.7 Å². The maximum atomic E-state index is 13.7. The van der Waals surface area contributed by atoms with E-state index < -0.39 is 35.7 Å². The van der Waals surface area contributed by atoms with Crippen LogP contribution in [0.4, 0.5) is 4.79 Å². The number of ether oxygens (including phenoxy) is 2. The fraction of sp³-hybridized carbons (Fsp3) is 0.562. The maximum Gasteiger partial charge on any atom is 0.409 e. The van der Waals surface area contributed by atoms with Gasteiger partial charge in [0.25, 0.3) is 5.91 Å². The highest BCUT2D eigenvalue weighted by Crippen LogP contribution is 2.34. The average molecular weight is 610 g/mol. The SMILES string of the molecule is CCOC(=O)N1CCN(C(=O)C(CCC(=O)OC(C)(C)C)NC(=O)c2cc(C3CCC[C@@H]3O)nc(-c3ccccc3)n2)CC1. The van der Waals surface area contributed by atoms with Gasteiger partial charge in [-0.05, 0) is 53.0 Å². The second-order valence-electron chi connectivity index (χ2n) is 12.1. The number of rotatable bonds is 9. The lowest BCUT2D eigenvalue weighted by Crippen LogP contribution is -2.56. The van der Waals surface area contributed by atoms with E-state index in [1.165, 1.54) is 4.90 Å². The highest BCUT2D eigenvalue weighted by Gasteiger charge is 2.33. The van der Waals surface area contributed by atoms with Gasteiger partial charge in [0.15, 0.2) is 5.82 Å². The number of carbonyl (C=O) groups excluding carboxylic acids is 4. The number of piperazine rings is 1. The number of esters is 1. The monoisotopic (exact) mass is 609 g/mol. The Balaban J connectivity index is 1.57. The molecule has 1 aromatic heterocycles. The Bertz CT molecular complexity index is 1320. The topological polar surface area (TPSA) is 151 Å². The number of nitrogens with zero attached hydrogens (tertiary/aromatic N) is 4. The van der Waals surface area contributed by atoms with Crippen molar-refractivity contribution < 1.29 is 33.8 Å². The van der Waals surface area contributed by atoms with Gasteiger partial charge in [-0.15, -0.1) is 0 Å². The predicted octanol–water partition coefficient (Wildman–Crippen LogP) is 3.29. The first-order valence-corrected chi connectivity index (χ1v) is 15.3. The second-order valence-corrected chi connectivity index (χ2v) is 12.1. The number of aromatic nitrogens is 2. The fourth-order valence-corrected chi connectivity index (χ4v) is 5.46. The fourth-order valence-electron chi connectivity index (χ4n) is 5.46. The molecule has 2 N–H and O–H groups in total. The maximum absolute atomic E-state index is 13.7. The van der Waals surface area contributed by atoms with Crippen molar-refractivity contribution in [3.05, 3.63) is 47.8 Å². The predicted molar refractivity (Wildman–Crippen MR) is 162 cm³/mol. The molecule has 3 amide bonds. The number of hydrogen-bond acceptors (Lipinski definition) is 9. The number of nitrogens with one attached hydrogen (secondary N) is 1. The first-order chi connectivity index (χ1) is 20.9. The van der Waals surface area contributed by atoms with Crippen LogP contribution in [0.25, 0.3) is 11.4 Å². The van der Waals surface area contributed by atoms with Crippen LogP contribution in [0, 0.1) is 0 Å². The summed E-state index contributed by atoms with van der Waals surface area (Å²) in [6.45, 7) is 8.36. The largest absolute Gasteiger partial charge is 0.460 e. The highest BCUT2D eigenvalue weighted by atomic mass is 16.6. The van der Waals surface area contributed by atoms with Crippen LogP contribution in [-0.2, 0) is 19.1 Å². The summed E-state index contributed by atoms with van der Waals surface area (Å²) in [4.78, 5) is 64.5. The Morgan fingerprint density at radius 2 is 1.70 bits per heavy atom. The van der Waals surface area contributed by atoms with E-state index in [2.05, 4.69) is 10.3 Å². The van der Waals surface area contributed by atoms with Crippen LogP contribution in [0.2, 0.25) is 0 Å². The van der Waals surface area contributed by atoms with Crippen molar-refractivity contribution in [2.24, 2.45) is 0 Å². The molecular formula is C32H43N5O7. The molecule has 0 spiro atoms. The van der Waals surface area contributed by atoms with Crippen LogP contribution < -0.4 is 5.32 Å². The normalized spacial score (nSPS) is 19.3. The van der Waals surface area contributed by atoms with E-state index in [0.717, 1.165) is 12.8 Å². The smallest absolute Gasteiger partial charge is 0.409 e. The van der Waals surface area contributed by atoms with Gasteiger partial charge in [0.1, 0.15) is 17.3 Å². The summed E-state index contributed by atoms with van der Waals surface area (Å²) >= 11 is 0. The molecule has 238 valence electrons. The first kappa shape index (κ1) is 32.8. The average Bonchev–Trinajstić information content (AvgIpc) is 3.44. The minimum atomic E-state index is -1.04. The second kappa shape index (κ2) is 14.6. The van der Waals surface area contributed by atoms with Crippen LogP contribution in [0.1, 0.15) is 81.9 Å². The van der Waals surface area contributed by atoms with E-state index >= 15 is 0 Å². The molecule has 12 nitrogen and oxygen atoms in total. The zero-order chi connectivity index (χ0) is 31.9. The summed E-state index contributed by atoms with van der Waals surface area (Å²) in [5.74, 6) is -1.32. The van der Waals surface area contributed by atoms with Gasteiger partial charge in [-0.3, -0.25) is 14.4 Å². The number of aliphatic hydroxyl groups excluding tert-OH is 1. The molecule has 2 unspecified atom stereocenters. The molecule has 0 radical (unpaired) electrons. The Morgan fingerprint density at radius 1 is 1.02 bits per heavy atom. The van der Waals surface area contributed by atoms with Crippen molar-refractivity contribution in [3.8, 4) is 11.4 Å². The summed E-state index contributed by atoms with van der Waals surface area (Å²) in [6.07, 6.45) is 1.17. The Labute approximate surface area is 258 Å². The molecule has 0 bridgehead atoms. The molecule has 2 fully saturated rings. The molecule has 12 heteroatoms. The number of amides is 3. The Kier molecular flexibility index (Phi) is 10.9. The molecule has 2 heterocycles. The molecule has 44 heavy (non-hydrogen) atoms. The molecule has 1 saturated carbocycles. The standard InChI is InChI=1S/C32H43N5O7/c1-5-43-31(42)37-18-16-36(17-19-37)30(41)23(14-15-27(39)44-32(2,3)4)35-29(40)25-20-24(22-12-9-13-26(22)38)33-28(34-25)21-10-7-6-8-11-21/h6-8,10-11,20,22-23,26,38H,5,9,12-19H2,1-4H3,(H,35,40)/t22?,23?,26-/m0/s1. The Morgan fingerprint density at radius 3 is 2.32 bits per heavy atom. The summed E-state index contributed by atoms with van der Waals surface area (Å²) in [7, 11) is 0. The van der Waals surface area contributed by atoms with Crippen molar-refractivity contribution >= 4 is 23.9 Å². The van der Waals surface area contributed by atoms with E-state index in [0.29, 0.717) is 23.5 Å². The van der Waals surface area contributed by atoms with Crippen LogP contribution in [0.3, 0.4) is 0 Å². The molecule has 2 aliphatic rings. The molecule has 4 rings (SSSR count). The zero-order valence-electron chi connectivity index (χ0n) is 26.0. The first-order valence-electron chi connectivity index (χ1n) is 15.3. The van der Waals surface area contributed by atoms with Crippen LogP contribution in [-0.4, -0.2) is 99.3 Å². The van der Waals surface area contributed by atoms with Crippen LogP contribution in [0.15, 0.2) is 36.4 Å². The molecule has 1 aliphatic carbocycles. The third-order valence-electron chi connectivity index (χ3n) is 7.65.